The highest BCUT2D eigenvalue weighted by atomic mass is 16.5. The van der Waals surface area contributed by atoms with E-state index in [4.69, 9.17) is 4.74 Å². The van der Waals surface area contributed by atoms with Crippen molar-refractivity contribution in [3.63, 3.8) is 0 Å². The molecule has 1 aromatic carbocycles. The highest BCUT2D eigenvalue weighted by Crippen LogP contribution is 2.27. The van der Waals surface area contributed by atoms with Crippen LogP contribution in [-0.2, 0) is 6.54 Å². The summed E-state index contributed by atoms with van der Waals surface area (Å²) in [6.07, 6.45) is 3.10. The van der Waals surface area contributed by atoms with Gasteiger partial charge in [0.1, 0.15) is 11.9 Å². The van der Waals surface area contributed by atoms with Crippen molar-refractivity contribution >= 4 is 5.91 Å². The van der Waals surface area contributed by atoms with Gasteiger partial charge in [-0.1, -0.05) is 23.4 Å². The molecule has 0 saturated heterocycles. The third kappa shape index (κ3) is 3.87. The fourth-order valence-corrected chi connectivity index (χ4v) is 2.36. The number of benzene rings is 1. The van der Waals surface area contributed by atoms with Crippen molar-refractivity contribution in [2.75, 3.05) is 13.7 Å². The maximum atomic E-state index is 11.9. The van der Waals surface area contributed by atoms with Gasteiger partial charge in [-0.25, -0.2) is 4.68 Å². The standard InChI is InChI=1S/C16H20N4O3/c1-23-15-5-3-2-4-12(15)14(21)10-20-9-13(18-19-20)16(22)17-8-11-6-7-11/h2-5,9,11,14,21H,6-8,10H2,1H3,(H,17,22). The van der Waals surface area contributed by atoms with Crippen molar-refractivity contribution in [3.8, 4) is 5.75 Å². The number of para-hydroxylation sites is 1. The fourth-order valence-electron chi connectivity index (χ4n) is 2.36. The second kappa shape index (κ2) is 6.78. The van der Waals surface area contributed by atoms with Crippen molar-refractivity contribution in [1.29, 1.82) is 0 Å². The second-order valence-corrected chi connectivity index (χ2v) is 5.74. The molecule has 1 aromatic heterocycles. The van der Waals surface area contributed by atoms with E-state index in [1.165, 1.54) is 17.5 Å². The Morgan fingerprint density at radius 2 is 2.26 bits per heavy atom. The lowest BCUT2D eigenvalue weighted by Gasteiger charge is -2.14. The minimum absolute atomic E-state index is 0.198. The highest BCUT2D eigenvalue weighted by Gasteiger charge is 2.23. The topological polar surface area (TPSA) is 89.3 Å². The summed E-state index contributed by atoms with van der Waals surface area (Å²) in [6.45, 7) is 0.888. The number of hydrogen-bond donors (Lipinski definition) is 2. The van der Waals surface area contributed by atoms with Gasteiger partial charge >= 0.3 is 0 Å². The molecule has 0 bridgehead atoms. The number of aliphatic hydroxyl groups is 1. The number of methoxy groups -OCH3 is 1. The molecule has 1 amide bonds. The van der Waals surface area contributed by atoms with Crippen LogP contribution in [0.3, 0.4) is 0 Å². The summed E-state index contributed by atoms with van der Waals surface area (Å²) >= 11 is 0. The smallest absolute Gasteiger partial charge is 0.273 e. The van der Waals surface area contributed by atoms with Crippen molar-refractivity contribution in [2.24, 2.45) is 5.92 Å². The van der Waals surface area contributed by atoms with Gasteiger partial charge in [0.05, 0.1) is 19.9 Å². The van der Waals surface area contributed by atoms with Gasteiger partial charge in [-0.15, -0.1) is 5.10 Å². The Balaban J connectivity index is 1.62. The quantitative estimate of drug-likeness (QED) is 0.800. The largest absolute Gasteiger partial charge is 0.496 e. The van der Waals surface area contributed by atoms with Gasteiger partial charge in [-0.05, 0) is 24.8 Å². The highest BCUT2D eigenvalue weighted by molar-refractivity contribution is 5.91. The van der Waals surface area contributed by atoms with Crippen LogP contribution in [0.4, 0.5) is 0 Å². The van der Waals surface area contributed by atoms with Gasteiger partial charge in [-0.3, -0.25) is 4.79 Å². The molecule has 1 fully saturated rings. The summed E-state index contributed by atoms with van der Waals surface area (Å²) < 4.78 is 6.70. The molecule has 1 heterocycles. The molecule has 7 nitrogen and oxygen atoms in total. The van der Waals surface area contributed by atoms with Gasteiger partial charge in [0, 0.05) is 12.1 Å². The van der Waals surface area contributed by atoms with Crippen LogP contribution in [0.15, 0.2) is 30.5 Å². The van der Waals surface area contributed by atoms with Crippen LogP contribution in [0.1, 0.15) is 35.0 Å². The summed E-state index contributed by atoms with van der Waals surface area (Å²) in [5.74, 6) is 0.999. The Morgan fingerprint density at radius 3 is 3.00 bits per heavy atom. The molecule has 0 radical (unpaired) electrons. The summed E-state index contributed by atoms with van der Waals surface area (Å²) in [4.78, 5) is 11.9. The van der Waals surface area contributed by atoms with Crippen LogP contribution in [0.25, 0.3) is 0 Å². The third-order valence-electron chi connectivity index (χ3n) is 3.88. The van der Waals surface area contributed by atoms with E-state index in [0.29, 0.717) is 23.8 Å². The molecule has 1 aliphatic rings. The predicted molar refractivity (Wildman–Crippen MR) is 83.0 cm³/mol. The number of aromatic nitrogens is 3. The van der Waals surface area contributed by atoms with Gasteiger partial charge in [0.2, 0.25) is 0 Å². The minimum atomic E-state index is -0.796. The summed E-state index contributed by atoms with van der Waals surface area (Å²) in [7, 11) is 1.56. The SMILES string of the molecule is COc1ccccc1C(O)Cn1cc(C(=O)NCC2CC2)nn1. The lowest BCUT2D eigenvalue weighted by Crippen LogP contribution is -2.25. The lowest BCUT2D eigenvalue weighted by atomic mass is 10.1. The molecule has 23 heavy (non-hydrogen) atoms. The summed E-state index contributed by atoms with van der Waals surface area (Å²) in [6, 6.07) is 7.26. The molecule has 1 aliphatic carbocycles. The number of hydrogen-bond acceptors (Lipinski definition) is 5. The van der Waals surface area contributed by atoms with E-state index in [-0.39, 0.29) is 18.1 Å². The number of carbonyl (C=O) groups excluding carboxylic acids is 1. The van der Waals surface area contributed by atoms with E-state index < -0.39 is 6.10 Å². The van der Waals surface area contributed by atoms with Crippen molar-refractivity contribution in [3.05, 3.63) is 41.7 Å². The van der Waals surface area contributed by atoms with Crippen molar-refractivity contribution in [2.45, 2.75) is 25.5 Å². The second-order valence-electron chi connectivity index (χ2n) is 5.74. The van der Waals surface area contributed by atoms with Crippen molar-refractivity contribution < 1.29 is 14.6 Å². The first-order valence-electron chi connectivity index (χ1n) is 7.66. The van der Waals surface area contributed by atoms with Gasteiger partial charge in [-0.2, -0.15) is 0 Å². The van der Waals surface area contributed by atoms with E-state index in [1.807, 2.05) is 12.1 Å². The Labute approximate surface area is 134 Å². The van der Waals surface area contributed by atoms with Gasteiger partial charge < -0.3 is 15.2 Å². The molecule has 3 rings (SSSR count). The Kier molecular flexibility index (Phi) is 4.57. The normalized spacial score (nSPS) is 15.2. The summed E-state index contributed by atoms with van der Waals surface area (Å²) in [5.41, 5.74) is 0.933. The molecular formula is C16H20N4O3. The van der Waals surface area contributed by atoms with Gasteiger partial charge in [0.25, 0.3) is 5.91 Å². The molecule has 2 N–H and O–H groups in total. The molecule has 122 valence electrons. The Hall–Kier alpha value is -2.41. The number of amides is 1. The van der Waals surface area contributed by atoms with Crippen LogP contribution in [0, 0.1) is 5.92 Å². The zero-order chi connectivity index (χ0) is 16.2. The number of nitrogens with zero attached hydrogens (tertiary/aromatic N) is 3. The first kappa shape index (κ1) is 15.5. The first-order valence-corrected chi connectivity index (χ1v) is 7.66. The molecule has 1 unspecified atom stereocenters. The molecule has 2 aromatic rings. The molecule has 0 spiro atoms. The number of carbonyl (C=O) groups is 1. The van der Waals surface area contributed by atoms with Gasteiger partial charge in [0.15, 0.2) is 5.69 Å². The maximum Gasteiger partial charge on any atom is 0.273 e. The average Bonchev–Trinajstić information content (AvgIpc) is 3.29. The number of aliphatic hydroxyl groups excluding tert-OH is 1. The molecule has 0 aliphatic heterocycles. The van der Waals surface area contributed by atoms with E-state index in [2.05, 4.69) is 15.6 Å². The Morgan fingerprint density at radius 1 is 1.48 bits per heavy atom. The zero-order valence-electron chi connectivity index (χ0n) is 13.0. The van der Waals surface area contributed by atoms with Crippen LogP contribution >= 0.6 is 0 Å². The van der Waals surface area contributed by atoms with Crippen LogP contribution in [0.2, 0.25) is 0 Å². The third-order valence-corrected chi connectivity index (χ3v) is 3.88. The van der Waals surface area contributed by atoms with E-state index in [1.54, 1.807) is 25.4 Å². The molecule has 7 heteroatoms. The van der Waals surface area contributed by atoms with Crippen molar-refractivity contribution in [1.82, 2.24) is 20.3 Å². The maximum absolute atomic E-state index is 11.9. The minimum Gasteiger partial charge on any atom is -0.496 e. The Bertz CT molecular complexity index is 681. The molecular weight excluding hydrogens is 296 g/mol. The number of ether oxygens (including phenoxy) is 1. The van der Waals surface area contributed by atoms with E-state index in [9.17, 15) is 9.90 Å². The molecule has 1 saturated carbocycles. The van der Waals surface area contributed by atoms with Crippen LogP contribution in [-0.4, -0.2) is 39.7 Å². The average molecular weight is 316 g/mol. The molecule has 1 atom stereocenters. The lowest BCUT2D eigenvalue weighted by molar-refractivity contribution is 0.0946. The number of nitrogens with one attached hydrogen (secondary N) is 1. The zero-order valence-corrected chi connectivity index (χ0v) is 13.0. The number of rotatable bonds is 7. The monoisotopic (exact) mass is 316 g/mol. The van der Waals surface area contributed by atoms with E-state index >= 15 is 0 Å². The van der Waals surface area contributed by atoms with Crippen LogP contribution < -0.4 is 10.1 Å². The summed E-state index contributed by atoms with van der Waals surface area (Å²) in [5, 5.41) is 21.0. The fraction of sp³-hybridized carbons (Fsp3) is 0.438. The predicted octanol–water partition coefficient (Wildman–Crippen LogP) is 1.16. The van der Waals surface area contributed by atoms with E-state index in [0.717, 1.165) is 0 Å². The van der Waals surface area contributed by atoms with Crippen LogP contribution in [0.5, 0.6) is 5.75 Å². The first-order chi connectivity index (χ1) is 11.2.